The third-order valence-corrected chi connectivity index (χ3v) is 6.06. The Kier molecular flexibility index (Phi) is 6.24. The zero-order valence-corrected chi connectivity index (χ0v) is 18.3. The van der Waals surface area contributed by atoms with Gasteiger partial charge in [-0.25, -0.2) is 18.2 Å². The van der Waals surface area contributed by atoms with Gasteiger partial charge in [-0.1, -0.05) is 6.07 Å². The molecule has 0 saturated carbocycles. The molecule has 0 amide bonds. The molecule has 2 heterocycles. The SMILES string of the molecule is Cc1cc([C@H](C)Nc2ccc(F)cc2C(F)F)c2nc(C3CCOCC3)n(C)c(=O)c2c1. The maximum atomic E-state index is 13.5. The summed E-state index contributed by atoms with van der Waals surface area (Å²) in [7, 11) is 1.73. The standard InChI is InChI=1S/C24H26F3N3O2/c1-13-10-17(14(2)28-20-5-4-16(25)12-18(20)22(26)27)21-19(11-13)24(31)30(3)23(29-21)15-6-8-32-9-7-15/h4-5,10-12,14-15,22,28H,6-9H2,1-3H3/t14-/m0/s1. The molecule has 1 aliphatic heterocycles. The minimum Gasteiger partial charge on any atom is -0.381 e. The summed E-state index contributed by atoms with van der Waals surface area (Å²) in [6.45, 7) is 4.95. The molecule has 8 heteroatoms. The number of alkyl halides is 2. The maximum Gasteiger partial charge on any atom is 0.265 e. The minimum atomic E-state index is -2.82. The van der Waals surface area contributed by atoms with Crippen molar-refractivity contribution in [2.45, 2.75) is 45.1 Å². The van der Waals surface area contributed by atoms with Gasteiger partial charge in [-0.2, -0.15) is 0 Å². The van der Waals surface area contributed by atoms with Crippen molar-refractivity contribution in [1.29, 1.82) is 0 Å². The molecule has 170 valence electrons. The summed E-state index contributed by atoms with van der Waals surface area (Å²) in [5.74, 6) is 0.106. The van der Waals surface area contributed by atoms with Crippen LogP contribution in [0.1, 0.15) is 60.7 Å². The van der Waals surface area contributed by atoms with Crippen molar-refractivity contribution in [3.8, 4) is 0 Å². The van der Waals surface area contributed by atoms with E-state index in [9.17, 15) is 18.0 Å². The predicted octanol–water partition coefficient (Wildman–Crippen LogP) is 5.39. The van der Waals surface area contributed by atoms with E-state index in [4.69, 9.17) is 9.72 Å². The van der Waals surface area contributed by atoms with Crippen molar-refractivity contribution in [2.75, 3.05) is 18.5 Å². The predicted molar refractivity (Wildman–Crippen MR) is 118 cm³/mol. The van der Waals surface area contributed by atoms with E-state index in [0.717, 1.165) is 36.1 Å². The summed E-state index contributed by atoms with van der Waals surface area (Å²) in [5.41, 5.74) is 1.77. The lowest BCUT2D eigenvalue weighted by atomic mass is 9.97. The first-order valence-corrected chi connectivity index (χ1v) is 10.7. The second-order valence-corrected chi connectivity index (χ2v) is 8.37. The van der Waals surface area contributed by atoms with Crippen LogP contribution < -0.4 is 10.9 Å². The number of aryl methyl sites for hydroxylation is 1. The number of nitrogens with zero attached hydrogens (tertiary/aromatic N) is 2. The van der Waals surface area contributed by atoms with Gasteiger partial charge in [0, 0.05) is 43.0 Å². The number of aromatic nitrogens is 2. The summed E-state index contributed by atoms with van der Waals surface area (Å²) in [4.78, 5) is 18.1. The van der Waals surface area contributed by atoms with Gasteiger partial charge in [0.2, 0.25) is 0 Å². The Bertz CT molecular complexity index is 1200. The molecular weight excluding hydrogens is 419 g/mol. The van der Waals surface area contributed by atoms with E-state index >= 15 is 0 Å². The quantitative estimate of drug-likeness (QED) is 0.573. The molecule has 3 aromatic rings. The molecule has 5 nitrogen and oxygen atoms in total. The van der Waals surface area contributed by atoms with Crippen molar-refractivity contribution >= 4 is 16.6 Å². The van der Waals surface area contributed by atoms with Gasteiger partial charge >= 0.3 is 0 Å². The van der Waals surface area contributed by atoms with Gasteiger partial charge in [0.05, 0.1) is 16.9 Å². The molecular formula is C24H26F3N3O2. The first-order chi connectivity index (χ1) is 15.3. The second-order valence-electron chi connectivity index (χ2n) is 8.37. The van der Waals surface area contributed by atoms with Gasteiger partial charge in [0.15, 0.2) is 0 Å². The Morgan fingerprint density at radius 2 is 1.88 bits per heavy atom. The van der Waals surface area contributed by atoms with Crippen molar-refractivity contribution in [1.82, 2.24) is 9.55 Å². The highest BCUT2D eigenvalue weighted by Crippen LogP contribution is 2.33. The van der Waals surface area contributed by atoms with E-state index in [1.807, 2.05) is 19.9 Å². The number of fused-ring (bicyclic) bond motifs is 1. The number of rotatable bonds is 5. The lowest BCUT2D eigenvalue weighted by Gasteiger charge is -2.25. The molecule has 0 aliphatic carbocycles. The van der Waals surface area contributed by atoms with Crippen LogP contribution >= 0.6 is 0 Å². The monoisotopic (exact) mass is 445 g/mol. The average Bonchev–Trinajstić information content (AvgIpc) is 2.77. The first kappa shape index (κ1) is 22.3. The van der Waals surface area contributed by atoms with Crippen molar-refractivity contribution in [3.63, 3.8) is 0 Å². The molecule has 32 heavy (non-hydrogen) atoms. The molecule has 1 fully saturated rings. The van der Waals surface area contributed by atoms with Gasteiger partial charge in [-0.15, -0.1) is 0 Å². The van der Waals surface area contributed by atoms with Crippen LogP contribution in [-0.2, 0) is 11.8 Å². The van der Waals surface area contributed by atoms with Gasteiger partial charge in [-0.3, -0.25) is 9.36 Å². The Labute approximate surface area is 184 Å². The largest absolute Gasteiger partial charge is 0.381 e. The smallest absolute Gasteiger partial charge is 0.265 e. The van der Waals surface area contributed by atoms with Gasteiger partial charge in [0.1, 0.15) is 11.6 Å². The molecule has 1 atom stereocenters. The molecule has 0 bridgehead atoms. The fourth-order valence-corrected chi connectivity index (χ4v) is 4.38. The number of hydrogen-bond donors (Lipinski definition) is 1. The number of ether oxygens (including phenoxy) is 1. The average molecular weight is 445 g/mol. The lowest BCUT2D eigenvalue weighted by molar-refractivity contribution is 0.0828. The van der Waals surface area contributed by atoms with Gasteiger partial charge < -0.3 is 10.1 Å². The number of anilines is 1. The highest BCUT2D eigenvalue weighted by molar-refractivity contribution is 5.83. The maximum absolute atomic E-state index is 13.5. The Morgan fingerprint density at radius 1 is 1.16 bits per heavy atom. The van der Waals surface area contributed by atoms with Crippen molar-refractivity contribution < 1.29 is 17.9 Å². The number of nitrogens with one attached hydrogen (secondary N) is 1. The van der Waals surface area contributed by atoms with E-state index < -0.39 is 23.8 Å². The second kappa shape index (κ2) is 8.94. The third-order valence-electron chi connectivity index (χ3n) is 6.06. The zero-order valence-electron chi connectivity index (χ0n) is 18.3. The molecule has 4 rings (SSSR count). The van der Waals surface area contributed by atoms with E-state index in [0.29, 0.717) is 29.9 Å². The Hall–Kier alpha value is -2.87. The van der Waals surface area contributed by atoms with E-state index in [1.165, 1.54) is 6.07 Å². The molecule has 1 N–H and O–H groups in total. The van der Waals surface area contributed by atoms with Crippen LogP contribution in [0.3, 0.4) is 0 Å². The summed E-state index contributed by atoms with van der Waals surface area (Å²) < 4.78 is 47.5. The molecule has 1 aliphatic rings. The molecule has 0 spiro atoms. The van der Waals surface area contributed by atoms with Gasteiger partial charge in [-0.05, 0) is 56.5 Å². The normalized spacial score (nSPS) is 16.0. The molecule has 1 aromatic heterocycles. The fourth-order valence-electron chi connectivity index (χ4n) is 4.38. The summed E-state index contributed by atoms with van der Waals surface area (Å²) >= 11 is 0. The van der Waals surface area contributed by atoms with Crippen LogP contribution in [-0.4, -0.2) is 22.8 Å². The summed E-state index contributed by atoms with van der Waals surface area (Å²) in [6, 6.07) is 6.56. The summed E-state index contributed by atoms with van der Waals surface area (Å²) in [6.07, 6.45) is -1.25. The van der Waals surface area contributed by atoms with Crippen molar-refractivity contribution in [3.05, 3.63) is 69.0 Å². The fraction of sp³-hybridized carbons (Fsp3) is 0.417. The number of halogens is 3. The van der Waals surface area contributed by atoms with E-state index in [-0.39, 0.29) is 17.2 Å². The van der Waals surface area contributed by atoms with Crippen LogP contribution in [0, 0.1) is 12.7 Å². The topological polar surface area (TPSA) is 56.2 Å². The molecule has 0 unspecified atom stereocenters. The molecule has 0 radical (unpaired) electrons. The minimum absolute atomic E-state index is 0.116. The van der Waals surface area contributed by atoms with E-state index in [2.05, 4.69) is 5.32 Å². The molecule has 1 saturated heterocycles. The Balaban J connectivity index is 1.81. The number of hydrogen-bond acceptors (Lipinski definition) is 4. The lowest BCUT2D eigenvalue weighted by Crippen LogP contribution is -2.27. The highest BCUT2D eigenvalue weighted by Gasteiger charge is 2.24. The van der Waals surface area contributed by atoms with Gasteiger partial charge in [0.25, 0.3) is 12.0 Å². The van der Waals surface area contributed by atoms with Crippen LogP contribution in [0.15, 0.2) is 35.1 Å². The van der Waals surface area contributed by atoms with Crippen LogP contribution in [0.4, 0.5) is 18.9 Å². The number of benzene rings is 2. The van der Waals surface area contributed by atoms with E-state index in [1.54, 1.807) is 17.7 Å². The zero-order chi connectivity index (χ0) is 23.0. The first-order valence-electron chi connectivity index (χ1n) is 10.7. The molecule has 2 aromatic carbocycles. The van der Waals surface area contributed by atoms with Crippen LogP contribution in [0.25, 0.3) is 10.9 Å². The van der Waals surface area contributed by atoms with Crippen molar-refractivity contribution in [2.24, 2.45) is 7.05 Å². The third kappa shape index (κ3) is 4.24. The summed E-state index contributed by atoms with van der Waals surface area (Å²) in [5, 5.41) is 3.56. The Morgan fingerprint density at radius 3 is 2.56 bits per heavy atom. The van der Waals surface area contributed by atoms with Crippen LogP contribution in [0.5, 0.6) is 0 Å². The highest BCUT2D eigenvalue weighted by atomic mass is 19.3. The van der Waals surface area contributed by atoms with Crippen LogP contribution in [0.2, 0.25) is 0 Å².